The Morgan fingerprint density at radius 1 is 0.895 bits per heavy atom. The molecule has 0 bridgehead atoms. The molecule has 0 heterocycles. The second-order valence-electron chi connectivity index (χ2n) is 5.16. The Labute approximate surface area is 140 Å². The predicted molar refractivity (Wildman–Crippen MR) is 72.1 cm³/mol. The second-order valence-corrected chi connectivity index (χ2v) is 5.16. The van der Waals surface area contributed by atoms with E-state index in [1.165, 1.54) is 51.4 Å². The van der Waals surface area contributed by atoms with E-state index in [4.69, 9.17) is 5.11 Å². The van der Waals surface area contributed by atoms with Gasteiger partial charge in [0.15, 0.2) is 0 Å². The van der Waals surface area contributed by atoms with Crippen LogP contribution in [0.5, 0.6) is 0 Å². The first-order valence-corrected chi connectivity index (χ1v) is 7.57. The van der Waals surface area contributed by atoms with Gasteiger partial charge in [0.2, 0.25) is 0 Å². The largest absolute Gasteiger partial charge is 1.00 e. The van der Waals surface area contributed by atoms with E-state index in [1.54, 1.807) is 0 Å². The summed E-state index contributed by atoms with van der Waals surface area (Å²) in [7, 11) is 0. The molecule has 0 aliphatic carbocycles. The Morgan fingerprint density at radius 2 is 1.26 bits per heavy atom. The van der Waals surface area contributed by atoms with E-state index >= 15 is 0 Å². The number of carboxylic acid groups (broad SMARTS) is 1. The summed E-state index contributed by atoms with van der Waals surface area (Å²) < 4.78 is 0. The van der Waals surface area contributed by atoms with Crippen LogP contribution in [0.4, 0.5) is 0 Å². The molecule has 0 spiro atoms. The summed E-state index contributed by atoms with van der Waals surface area (Å²) in [5.41, 5.74) is 0. The van der Waals surface area contributed by atoms with E-state index in [0.717, 1.165) is 19.3 Å². The number of carbonyl (C=O) groups is 1. The van der Waals surface area contributed by atoms with Crippen molar-refractivity contribution in [3.8, 4) is 0 Å². The van der Waals surface area contributed by atoms with Crippen LogP contribution >= 0.6 is 0 Å². The van der Waals surface area contributed by atoms with Crippen LogP contribution < -0.4 is 34.7 Å². The molecule has 0 aliphatic rings. The fourth-order valence-corrected chi connectivity index (χ4v) is 2.12. The molecule has 108 valence electrons. The van der Waals surface area contributed by atoms with Gasteiger partial charge >= 0.3 is 29.6 Å². The monoisotopic (exact) mass is 280 g/mol. The van der Waals surface area contributed by atoms with Crippen LogP contribution in [0.15, 0.2) is 0 Å². The summed E-state index contributed by atoms with van der Waals surface area (Å²) in [6, 6.07) is 0. The molecule has 0 aromatic heterocycles. The zero-order valence-corrected chi connectivity index (χ0v) is 14.8. The number of aliphatic hydroxyl groups is 1. The number of carbonyl (C=O) groups excluding carboxylic acids is 1. The van der Waals surface area contributed by atoms with Gasteiger partial charge in [0.25, 0.3) is 0 Å². The zero-order valence-electron chi connectivity index (χ0n) is 12.8. The maximum absolute atomic E-state index is 10.3. The Bertz CT molecular complexity index is 198. The van der Waals surface area contributed by atoms with Gasteiger partial charge in [0.05, 0.1) is 12.1 Å². The number of hydrogen-bond acceptors (Lipinski definition) is 3. The summed E-state index contributed by atoms with van der Waals surface area (Å²) in [4.78, 5) is 10.3. The Kier molecular flexibility index (Phi) is 18.8. The molecule has 0 fully saturated rings. The quantitative estimate of drug-likeness (QED) is 0.375. The van der Waals surface area contributed by atoms with Gasteiger partial charge in [-0.25, -0.2) is 0 Å². The average Bonchev–Trinajstić information content (AvgIpc) is 2.35. The van der Waals surface area contributed by atoms with E-state index in [2.05, 4.69) is 6.92 Å². The zero-order chi connectivity index (χ0) is 13.6. The van der Waals surface area contributed by atoms with E-state index in [1.807, 2.05) is 0 Å². The molecule has 0 amide bonds. The molecule has 0 aromatic rings. The Morgan fingerprint density at radius 3 is 1.63 bits per heavy atom. The first kappa shape index (κ1) is 21.7. The number of aliphatic carboxylic acids is 1. The van der Waals surface area contributed by atoms with Crippen LogP contribution in [-0.2, 0) is 4.79 Å². The van der Waals surface area contributed by atoms with Crippen molar-refractivity contribution in [1.29, 1.82) is 0 Å². The van der Waals surface area contributed by atoms with Gasteiger partial charge in [-0.2, -0.15) is 0 Å². The molecule has 0 unspecified atom stereocenters. The summed E-state index contributed by atoms with van der Waals surface area (Å²) >= 11 is 0. The normalized spacial score (nSPS) is 11.9. The number of hydrogen-bond donors (Lipinski definition) is 1. The molecule has 4 heteroatoms. The van der Waals surface area contributed by atoms with Crippen LogP contribution in [-0.4, -0.2) is 17.2 Å². The van der Waals surface area contributed by atoms with Crippen molar-refractivity contribution in [3.63, 3.8) is 0 Å². The molecular weight excluding hydrogens is 251 g/mol. The van der Waals surface area contributed by atoms with Gasteiger partial charge in [0, 0.05) is 0 Å². The fourth-order valence-electron chi connectivity index (χ4n) is 2.12. The molecule has 1 atom stereocenters. The standard InChI is InChI=1S/C15H30O3.Na/c1-2-3-4-5-6-7-8-9-10-11-12-13-14(16)15(17)18;/h14,16H,2-13H2,1H3,(H,17,18);/q;+1/p-1/t14-;/m1./s1. The van der Waals surface area contributed by atoms with Crippen molar-refractivity contribution in [3.05, 3.63) is 0 Å². The van der Waals surface area contributed by atoms with E-state index in [9.17, 15) is 9.90 Å². The van der Waals surface area contributed by atoms with Gasteiger partial charge in [-0.1, -0.05) is 77.6 Å². The molecule has 1 N–H and O–H groups in total. The Hall–Kier alpha value is 0.430. The molecular formula is C15H29NaO3. The fraction of sp³-hybridized carbons (Fsp3) is 0.933. The smallest absolute Gasteiger partial charge is 0.547 e. The minimum atomic E-state index is -1.35. The number of unbranched alkanes of at least 4 members (excludes halogenated alkanes) is 10. The second kappa shape index (κ2) is 16.5. The molecule has 3 nitrogen and oxygen atoms in total. The summed E-state index contributed by atoms with van der Waals surface area (Å²) in [6.07, 6.45) is 12.6. The van der Waals surface area contributed by atoms with Crippen molar-refractivity contribution in [1.82, 2.24) is 0 Å². The minimum absolute atomic E-state index is 0. The first-order valence-electron chi connectivity index (χ1n) is 7.57. The maximum Gasteiger partial charge on any atom is 1.00 e. The van der Waals surface area contributed by atoms with Crippen LogP contribution in [0, 0.1) is 0 Å². The summed E-state index contributed by atoms with van der Waals surface area (Å²) in [5.74, 6) is -1.35. The van der Waals surface area contributed by atoms with Crippen LogP contribution in [0.25, 0.3) is 0 Å². The van der Waals surface area contributed by atoms with Crippen molar-refractivity contribution < 1.29 is 44.6 Å². The SMILES string of the molecule is CCCCCCCCCCCCC[C@@H](O)C(=O)[O-].[Na+]. The molecule has 19 heavy (non-hydrogen) atoms. The van der Waals surface area contributed by atoms with Crippen molar-refractivity contribution in [2.45, 2.75) is 90.1 Å². The molecule has 0 rings (SSSR count). The number of rotatable bonds is 13. The van der Waals surface area contributed by atoms with Gasteiger partial charge in [0.1, 0.15) is 0 Å². The first-order chi connectivity index (χ1) is 8.68. The predicted octanol–water partition coefficient (Wildman–Crippen LogP) is -0.198. The number of carboxylic acids is 1. The molecule has 0 aromatic carbocycles. The minimum Gasteiger partial charge on any atom is -0.547 e. The molecule has 0 saturated carbocycles. The van der Waals surface area contributed by atoms with Gasteiger partial charge in [-0.3, -0.25) is 0 Å². The summed E-state index contributed by atoms with van der Waals surface area (Å²) in [6.45, 7) is 2.23. The average molecular weight is 280 g/mol. The van der Waals surface area contributed by atoms with E-state index < -0.39 is 12.1 Å². The third-order valence-electron chi connectivity index (χ3n) is 3.35. The Balaban J connectivity index is 0. The van der Waals surface area contributed by atoms with E-state index in [-0.39, 0.29) is 29.6 Å². The van der Waals surface area contributed by atoms with Gasteiger partial charge < -0.3 is 15.0 Å². The topological polar surface area (TPSA) is 60.4 Å². The maximum atomic E-state index is 10.3. The third kappa shape index (κ3) is 16.4. The van der Waals surface area contributed by atoms with Gasteiger partial charge in [-0.15, -0.1) is 0 Å². The van der Waals surface area contributed by atoms with Crippen molar-refractivity contribution in [2.24, 2.45) is 0 Å². The van der Waals surface area contributed by atoms with Crippen LogP contribution in [0.1, 0.15) is 84.0 Å². The van der Waals surface area contributed by atoms with Crippen molar-refractivity contribution >= 4 is 5.97 Å². The molecule has 0 saturated heterocycles. The van der Waals surface area contributed by atoms with E-state index in [0.29, 0.717) is 6.42 Å². The van der Waals surface area contributed by atoms with Gasteiger partial charge in [-0.05, 0) is 6.42 Å². The molecule has 0 aliphatic heterocycles. The van der Waals surface area contributed by atoms with Crippen LogP contribution in [0.2, 0.25) is 0 Å². The summed E-state index contributed by atoms with van der Waals surface area (Å²) in [5, 5.41) is 19.3. The van der Waals surface area contributed by atoms with Crippen molar-refractivity contribution in [2.75, 3.05) is 0 Å². The number of aliphatic hydroxyl groups excluding tert-OH is 1. The van der Waals surface area contributed by atoms with Crippen LogP contribution in [0.3, 0.4) is 0 Å². The molecule has 0 radical (unpaired) electrons. The third-order valence-corrected chi connectivity index (χ3v) is 3.35.